The summed E-state index contributed by atoms with van der Waals surface area (Å²) in [5, 5.41) is 0. The van der Waals surface area contributed by atoms with E-state index in [1.54, 1.807) is 34.6 Å². The highest BCUT2D eigenvalue weighted by Gasteiger charge is 2.41. The van der Waals surface area contributed by atoms with Crippen LogP contribution in [0.25, 0.3) is 11.2 Å². The van der Waals surface area contributed by atoms with Gasteiger partial charge in [-0.15, -0.1) is 0 Å². The second kappa shape index (κ2) is 11.4. The number of anilines is 1. The SMILES string of the molecule is COC(COC(=O)C(C)C)C(OC(=O)OC(C)(C)C)C(F)C(C)n1cnc2c(N)nc(C(F)(F)F)nc21. The number of fused-ring (bicyclic) bond motifs is 1. The fourth-order valence-corrected chi connectivity index (χ4v) is 3.15. The maximum absolute atomic E-state index is 16.0. The largest absolute Gasteiger partial charge is 0.509 e. The summed E-state index contributed by atoms with van der Waals surface area (Å²) in [5.74, 6) is -3.17. The molecule has 0 aliphatic carbocycles. The summed E-state index contributed by atoms with van der Waals surface area (Å²) >= 11 is 0. The van der Waals surface area contributed by atoms with Crippen LogP contribution in [0.15, 0.2) is 6.33 Å². The third kappa shape index (κ3) is 7.63. The zero-order chi connectivity index (χ0) is 28.3. The predicted molar refractivity (Wildman–Crippen MR) is 122 cm³/mol. The molecule has 0 spiro atoms. The average molecular weight is 538 g/mol. The first-order chi connectivity index (χ1) is 17.0. The van der Waals surface area contributed by atoms with Crippen molar-refractivity contribution < 1.29 is 46.1 Å². The lowest BCUT2D eigenvalue weighted by Crippen LogP contribution is -2.46. The number of alkyl halides is 4. The van der Waals surface area contributed by atoms with Gasteiger partial charge in [-0.1, -0.05) is 13.8 Å². The van der Waals surface area contributed by atoms with Crippen molar-refractivity contribution in [1.82, 2.24) is 19.5 Å². The van der Waals surface area contributed by atoms with Crippen molar-refractivity contribution in [2.75, 3.05) is 19.5 Å². The fraction of sp³-hybridized carbons (Fsp3) is 0.682. The number of halogens is 4. The Bertz CT molecular complexity index is 1100. The van der Waals surface area contributed by atoms with E-state index in [-0.39, 0.29) is 11.2 Å². The fourth-order valence-electron chi connectivity index (χ4n) is 3.15. The van der Waals surface area contributed by atoms with Gasteiger partial charge in [0.25, 0.3) is 0 Å². The number of ether oxygens (including phenoxy) is 4. The number of hydrogen-bond donors (Lipinski definition) is 1. The number of nitrogens with two attached hydrogens (primary N) is 1. The molecule has 2 heterocycles. The van der Waals surface area contributed by atoms with Crippen molar-refractivity contribution in [3.63, 3.8) is 0 Å². The quantitative estimate of drug-likeness (QED) is 0.370. The third-order valence-electron chi connectivity index (χ3n) is 5.07. The van der Waals surface area contributed by atoms with Gasteiger partial charge in [-0.25, -0.2) is 24.1 Å². The summed E-state index contributed by atoms with van der Waals surface area (Å²) in [6.07, 6.45) is -10.2. The highest BCUT2D eigenvalue weighted by atomic mass is 19.4. The normalized spacial score (nSPS) is 15.8. The van der Waals surface area contributed by atoms with Gasteiger partial charge < -0.3 is 29.2 Å². The zero-order valence-electron chi connectivity index (χ0n) is 21.5. The Hall–Kier alpha value is -3.23. The van der Waals surface area contributed by atoms with E-state index in [0.717, 1.165) is 10.9 Å². The first-order valence-corrected chi connectivity index (χ1v) is 11.3. The number of carbonyl (C=O) groups excluding carboxylic acids is 2. The molecule has 11 nitrogen and oxygen atoms in total. The van der Waals surface area contributed by atoms with Crippen LogP contribution in [0.5, 0.6) is 0 Å². The Morgan fingerprint density at radius 1 is 1.14 bits per heavy atom. The minimum Gasteiger partial charge on any atom is -0.463 e. The van der Waals surface area contributed by atoms with Gasteiger partial charge in [0, 0.05) is 7.11 Å². The highest BCUT2D eigenvalue weighted by Crippen LogP contribution is 2.32. The van der Waals surface area contributed by atoms with E-state index in [1.807, 2.05) is 0 Å². The summed E-state index contributed by atoms with van der Waals surface area (Å²) in [4.78, 5) is 34.9. The monoisotopic (exact) mass is 537 g/mol. The van der Waals surface area contributed by atoms with Gasteiger partial charge in [-0.3, -0.25) is 4.79 Å². The first kappa shape index (κ1) is 30.0. The van der Waals surface area contributed by atoms with Crippen LogP contribution in [0, 0.1) is 5.92 Å². The van der Waals surface area contributed by atoms with E-state index in [9.17, 15) is 22.8 Å². The van der Waals surface area contributed by atoms with Crippen molar-refractivity contribution in [3.8, 4) is 0 Å². The molecule has 2 aromatic rings. The summed E-state index contributed by atoms with van der Waals surface area (Å²) in [6, 6.07) is -1.31. The van der Waals surface area contributed by atoms with Crippen LogP contribution in [-0.4, -0.2) is 69.3 Å². The smallest absolute Gasteiger partial charge is 0.463 e. The molecule has 0 amide bonds. The van der Waals surface area contributed by atoms with E-state index < -0.39 is 72.5 Å². The number of methoxy groups -OCH3 is 1. The summed E-state index contributed by atoms with van der Waals surface area (Å²) in [5.41, 5.74) is 4.08. The van der Waals surface area contributed by atoms with Gasteiger partial charge in [0.1, 0.15) is 23.8 Å². The molecule has 2 rings (SSSR count). The lowest BCUT2D eigenvalue weighted by atomic mass is 10.0. The second-order valence-electron chi connectivity index (χ2n) is 9.55. The molecule has 0 bridgehead atoms. The topological polar surface area (TPSA) is 141 Å². The van der Waals surface area contributed by atoms with E-state index in [4.69, 9.17) is 24.7 Å². The summed E-state index contributed by atoms with van der Waals surface area (Å²) < 4.78 is 77.5. The number of carbonyl (C=O) groups is 2. The molecule has 0 aliphatic rings. The molecule has 0 aromatic carbocycles. The number of imidazole rings is 1. The maximum atomic E-state index is 16.0. The lowest BCUT2D eigenvalue weighted by Gasteiger charge is -2.32. The molecular weight excluding hydrogens is 506 g/mol. The standard InChI is InChI=1S/C22H31F4N5O6/c1-10(2)18(32)35-8-12(34-7)15(36-20(33)37-21(4,5)6)13(23)11(3)31-9-28-14-16(27)29-19(22(24,25)26)30-17(14)31/h9-13,15H,8H2,1-7H3,(H2,27,29,30). The van der Waals surface area contributed by atoms with Crippen LogP contribution in [0.4, 0.5) is 28.2 Å². The molecule has 0 aliphatic heterocycles. The first-order valence-electron chi connectivity index (χ1n) is 11.3. The molecule has 15 heteroatoms. The van der Waals surface area contributed by atoms with Gasteiger partial charge in [-0.2, -0.15) is 13.2 Å². The highest BCUT2D eigenvalue weighted by molar-refractivity contribution is 5.81. The van der Waals surface area contributed by atoms with Crippen LogP contribution in [0.2, 0.25) is 0 Å². The molecule has 0 saturated carbocycles. The molecule has 0 fully saturated rings. The number of aromatic nitrogens is 4. The molecule has 4 atom stereocenters. The van der Waals surface area contributed by atoms with Crippen LogP contribution < -0.4 is 5.73 Å². The average Bonchev–Trinajstić information content (AvgIpc) is 3.20. The molecule has 208 valence electrons. The lowest BCUT2D eigenvalue weighted by molar-refractivity contribution is -0.158. The van der Waals surface area contributed by atoms with Gasteiger partial charge in [-0.05, 0) is 27.7 Å². The molecule has 2 N–H and O–H groups in total. The maximum Gasteiger partial charge on any atom is 0.509 e. The van der Waals surface area contributed by atoms with E-state index in [1.165, 1.54) is 14.0 Å². The predicted octanol–water partition coefficient (Wildman–Crippen LogP) is 3.86. The Labute approximate surface area is 210 Å². The van der Waals surface area contributed by atoms with Crippen molar-refractivity contribution in [1.29, 1.82) is 0 Å². The Balaban J connectivity index is 2.46. The Morgan fingerprint density at radius 2 is 1.76 bits per heavy atom. The van der Waals surface area contributed by atoms with Crippen molar-refractivity contribution in [2.45, 2.75) is 77.7 Å². The van der Waals surface area contributed by atoms with E-state index >= 15 is 4.39 Å². The van der Waals surface area contributed by atoms with E-state index in [0.29, 0.717) is 0 Å². The number of rotatable bonds is 9. The van der Waals surface area contributed by atoms with Gasteiger partial charge in [0.2, 0.25) is 5.82 Å². The molecule has 0 radical (unpaired) electrons. The minimum absolute atomic E-state index is 0.175. The summed E-state index contributed by atoms with van der Waals surface area (Å²) in [7, 11) is 1.19. The van der Waals surface area contributed by atoms with Gasteiger partial charge in [0.05, 0.1) is 18.3 Å². The van der Waals surface area contributed by atoms with E-state index in [2.05, 4.69) is 15.0 Å². The number of hydrogen-bond acceptors (Lipinski definition) is 10. The third-order valence-corrected chi connectivity index (χ3v) is 5.07. The van der Waals surface area contributed by atoms with Crippen LogP contribution in [0.3, 0.4) is 0 Å². The molecule has 0 saturated heterocycles. The second-order valence-corrected chi connectivity index (χ2v) is 9.55. The van der Waals surface area contributed by atoms with Crippen LogP contribution >= 0.6 is 0 Å². The number of nitrogen functional groups attached to an aromatic ring is 1. The zero-order valence-corrected chi connectivity index (χ0v) is 21.5. The van der Waals surface area contributed by atoms with Crippen molar-refractivity contribution in [3.05, 3.63) is 12.2 Å². The van der Waals surface area contributed by atoms with Gasteiger partial charge in [0.15, 0.2) is 23.7 Å². The summed E-state index contributed by atoms with van der Waals surface area (Å²) in [6.45, 7) is 8.70. The number of esters is 1. The van der Waals surface area contributed by atoms with Crippen molar-refractivity contribution in [2.24, 2.45) is 5.92 Å². The van der Waals surface area contributed by atoms with Crippen LogP contribution in [-0.2, 0) is 29.9 Å². The molecular formula is C22H31F4N5O6. The van der Waals surface area contributed by atoms with Crippen molar-refractivity contribution >= 4 is 29.1 Å². The Kier molecular flexibility index (Phi) is 9.27. The molecule has 37 heavy (non-hydrogen) atoms. The number of nitrogens with zero attached hydrogens (tertiary/aromatic N) is 4. The van der Waals surface area contributed by atoms with Crippen LogP contribution in [0.1, 0.15) is 53.4 Å². The van der Waals surface area contributed by atoms with Gasteiger partial charge >= 0.3 is 18.3 Å². The molecule has 2 aromatic heterocycles. The Morgan fingerprint density at radius 3 is 2.27 bits per heavy atom. The molecule has 4 unspecified atom stereocenters. The minimum atomic E-state index is -4.92.